The standard InChI is InChI=1S/C36H30O2.Al.ClH/c37-35-29(21-19-25-11-3-1-4-12-25)23-27-15-7-9-17-31(27)33(35)34-32-18-10-8-16-28(32)24-30(36(34)38)22-20-26-13-5-2-6-14-26;;/h1-18,23-24,37-38H,19-22H2;;1H/q;+3;/p-3. The van der Waals surface area contributed by atoms with E-state index in [4.69, 9.17) is 0 Å². The van der Waals surface area contributed by atoms with Crippen LogP contribution in [0.5, 0.6) is 11.5 Å². The van der Waals surface area contributed by atoms with Crippen molar-refractivity contribution in [3.8, 4) is 22.6 Å². The van der Waals surface area contributed by atoms with Gasteiger partial charge < -0.3 is 22.6 Å². The molecule has 0 aliphatic heterocycles. The van der Waals surface area contributed by atoms with Gasteiger partial charge in [-0.1, -0.05) is 144 Å². The Balaban J connectivity index is 0.00000185. The van der Waals surface area contributed by atoms with E-state index in [1.54, 1.807) is 0 Å². The van der Waals surface area contributed by atoms with E-state index in [9.17, 15) is 10.2 Å². The van der Waals surface area contributed by atoms with Gasteiger partial charge >= 0.3 is 17.4 Å². The Morgan fingerprint density at radius 2 is 0.775 bits per heavy atom. The maximum absolute atomic E-state index is 14.2. The average molecular weight is 555 g/mol. The van der Waals surface area contributed by atoms with E-state index in [2.05, 4.69) is 24.3 Å². The largest absolute Gasteiger partial charge is 3.00 e. The van der Waals surface area contributed by atoms with Crippen molar-refractivity contribution >= 4 is 38.9 Å². The van der Waals surface area contributed by atoms with Gasteiger partial charge in [-0.3, -0.25) is 0 Å². The number of hydrogen-bond donors (Lipinski definition) is 0. The van der Waals surface area contributed by atoms with Crippen LogP contribution in [-0.4, -0.2) is 17.4 Å². The van der Waals surface area contributed by atoms with Crippen LogP contribution in [0.2, 0.25) is 0 Å². The summed E-state index contributed by atoms with van der Waals surface area (Å²) in [6.45, 7) is 0. The van der Waals surface area contributed by atoms with Crippen LogP contribution in [-0.2, 0) is 25.7 Å². The zero-order valence-electron chi connectivity index (χ0n) is 22.1. The molecule has 0 fully saturated rings. The SMILES string of the molecule is [Al+3].[Cl-].[O-]c1c(CCc2ccccc2)cc2ccccc2c1-c1c([O-])c(CCc2ccccc2)cc2ccccc12. The second-order valence-corrected chi connectivity index (χ2v) is 9.89. The summed E-state index contributed by atoms with van der Waals surface area (Å²) >= 11 is 0. The van der Waals surface area contributed by atoms with Crippen molar-refractivity contribution in [2.75, 3.05) is 0 Å². The fraction of sp³-hybridized carbons (Fsp3) is 0.111. The van der Waals surface area contributed by atoms with Crippen molar-refractivity contribution in [1.82, 2.24) is 0 Å². The molecular weight excluding hydrogens is 527 g/mol. The number of aryl methyl sites for hydroxylation is 4. The van der Waals surface area contributed by atoms with Crippen molar-refractivity contribution in [3.05, 3.63) is 144 Å². The second-order valence-electron chi connectivity index (χ2n) is 9.89. The molecule has 0 spiro atoms. The average Bonchev–Trinajstić information content (AvgIpc) is 2.97. The first-order chi connectivity index (χ1) is 18.7. The number of rotatable bonds is 7. The molecule has 2 nitrogen and oxygen atoms in total. The fourth-order valence-electron chi connectivity index (χ4n) is 5.49. The molecule has 0 aliphatic carbocycles. The van der Waals surface area contributed by atoms with Crippen LogP contribution in [0.25, 0.3) is 32.7 Å². The number of fused-ring (bicyclic) bond motifs is 2. The summed E-state index contributed by atoms with van der Waals surface area (Å²) in [7, 11) is 0. The van der Waals surface area contributed by atoms with Gasteiger partial charge in [0.1, 0.15) is 0 Å². The van der Waals surface area contributed by atoms with Crippen molar-refractivity contribution in [2.45, 2.75) is 25.7 Å². The zero-order valence-corrected chi connectivity index (χ0v) is 24.1. The third-order valence-electron chi connectivity index (χ3n) is 7.46. The van der Waals surface area contributed by atoms with Gasteiger partial charge in [0.05, 0.1) is 0 Å². The van der Waals surface area contributed by atoms with E-state index in [-0.39, 0.29) is 41.3 Å². The van der Waals surface area contributed by atoms with Crippen molar-refractivity contribution in [2.24, 2.45) is 0 Å². The normalized spacial score (nSPS) is 10.7. The quantitative estimate of drug-likeness (QED) is 0.280. The summed E-state index contributed by atoms with van der Waals surface area (Å²) in [6.07, 6.45) is 2.80. The van der Waals surface area contributed by atoms with Crippen LogP contribution < -0.4 is 22.6 Å². The topological polar surface area (TPSA) is 46.1 Å². The Morgan fingerprint density at radius 3 is 1.18 bits per heavy atom. The molecule has 0 radical (unpaired) electrons. The molecule has 6 aromatic rings. The first-order valence-electron chi connectivity index (χ1n) is 13.2. The van der Waals surface area contributed by atoms with Gasteiger partial charge in [-0.2, -0.15) is 0 Å². The molecule has 0 amide bonds. The molecule has 194 valence electrons. The van der Waals surface area contributed by atoms with E-state index in [1.807, 2.05) is 97.1 Å². The predicted molar refractivity (Wildman–Crippen MR) is 159 cm³/mol. The van der Waals surface area contributed by atoms with E-state index >= 15 is 0 Å². The van der Waals surface area contributed by atoms with Gasteiger partial charge in [-0.05, 0) is 69.5 Å². The van der Waals surface area contributed by atoms with Gasteiger partial charge in [-0.15, -0.1) is 0 Å². The Kier molecular flexibility index (Phi) is 9.56. The zero-order chi connectivity index (χ0) is 25.9. The van der Waals surface area contributed by atoms with Gasteiger partial charge in [-0.25, -0.2) is 0 Å². The Hall–Kier alpha value is -3.74. The summed E-state index contributed by atoms with van der Waals surface area (Å²) < 4.78 is 0. The molecule has 0 N–H and O–H groups in total. The first kappa shape index (κ1) is 29.3. The van der Waals surface area contributed by atoms with E-state index < -0.39 is 0 Å². The summed E-state index contributed by atoms with van der Waals surface area (Å²) in [5, 5.41) is 32.0. The number of halogens is 1. The molecule has 0 atom stereocenters. The molecule has 0 saturated heterocycles. The van der Waals surface area contributed by atoms with Crippen LogP contribution >= 0.6 is 0 Å². The smallest absolute Gasteiger partial charge is 1.00 e. The molecule has 0 aliphatic rings. The molecule has 6 aromatic carbocycles. The molecule has 0 aromatic heterocycles. The minimum atomic E-state index is -0.0397. The molecule has 0 bridgehead atoms. The summed E-state index contributed by atoms with van der Waals surface area (Å²) in [5.74, 6) is -0.0795. The van der Waals surface area contributed by atoms with Crippen LogP contribution in [0.4, 0.5) is 0 Å². The Bertz CT molecular complexity index is 1600. The monoisotopic (exact) mass is 554 g/mol. The third kappa shape index (κ3) is 5.88. The van der Waals surface area contributed by atoms with Crippen LogP contribution in [0, 0.1) is 0 Å². The predicted octanol–water partition coefficient (Wildman–Crippen LogP) is 4.00. The number of hydrogen-bond acceptors (Lipinski definition) is 2. The first-order valence-corrected chi connectivity index (χ1v) is 13.2. The van der Waals surface area contributed by atoms with Crippen molar-refractivity contribution in [1.29, 1.82) is 0 Å². The van der Waals surface area contributed by atoms with Gasteiger partial charge in [0.2, 0.25) is 0 Å². The summed E-state index contributed by atoms with van der Waals surface area (Å²) in [6, 6.07) is 40.4. The van der Waals surface area contributed by atoms with E-state index in [0.717, 1.165) is 45.5 Å². The van der Waals surface area contributed by atoms with Gasteiger partial charge in [0.15, 0.2) is 0 Å². The van der Waals surface area contributed by atoms with Gasteiger partial charge in [0, 0.05) is 0 Å². The summed E-state index contributed by atoms with van der Waals surface area (Å²) in [5.41, 5.74) is 4.96. The van der Waals surface area contributed by atoms with Crippen LogP contribution in [0.1, 0.15) is 22.3 Å². The Morgan fingerprint density at radius 1 is 0.425 bits per heavy atom. The van der Waals surface area contributed by atoms with Crippen LogP contribution in [0.15, 0.2) is 121 Å². The molecular formula is C36H28AlClO2. The maximum Gasteiger partial charge on any atom is 3.00 e. The minimum absolute atomic E-state index is 0. The van der Waals surface area contributed by atoms with E-state index in [1.165, 1.54) is 11.1 Å². The van der Waals surface area contributed by atoms with Gasteiger partial charge in [0.25, 0.3) is 0 Å². The Labute approximate surface area is 252 Å². The van der Waals surface area contributed by atoms with Crippen LogP contribution in [0.3, 0.4) is 0 Å². The molecule has 4 heteroatoms. The molecule has 0 heterocycles. The molecule has 0 saturated carbocycles. The molecule has 0 unspecified atom stereocenters. The second kappa shape index (κ2) is 13.1. The number of benzene rings is 6. The minimum Gasteiger partial charge on any atom is -1.00 e. The van der Waals surface area contributed by atoms with Crippen molar-refractivity contribution in [3.63, 3.8) is 0 Å². The molecule has 40 heavy (non-hydrogen) atoms. The van der Waals surface area contributed by atoms with Crippen molar-refractivity contribution < 1.29 is 22.6 Å². The maximum atomic E-state index is 14.2. The third-order valence-corrected chi connectivity index (χ3v) is 7.46. The fourth-order valence-corrected chi connectivity index (χ4v) is 5.49. The molecule has 6 rings (SSSR count). The van der Waals surface area contributed by atoms with E-state index in [0.29, 0.717) is 24.0 Å². The summed E-state index contributed by atoms with van der Waals surface area (Å²) in [4.78, 5) is 0.